The second-order valence-corrected chi connectivity index (χ2v) is 4.75. The van der Waals surface area contributed by atoms with Gasteiger partial charge in [0.1, 0.15) is 23.2 Å². The first-order valence-electron chi connectivity index (χ1n) is 6.92. The Balaban J connectivity index is 2.10. The van der Waals surface area contributed by atoms with E-state index in [1.807, 2.05) is 0 Å². The van der Waals surface area contributed by atoms with Gasteiger partial charge in [0.25, 0.3) is 11.5 Å². The quantitative estimate of drug-likeness (QED) is 0.733. The van der Waals surface area contributed by atoms with E-state index < -0.39 is 17.6 Å². The molecule has 0 radical (unpaired) electrons. The van der Waals surface area contributed by atoms with E-state index in [0.717, 1.165) is 0 Å². The molecule has 0 spiro atoms. The molecule has 1 aromatic heterocycles. The summed E-state index contributed by atoms with van der Waals surface area (Å²) in [6, 6.07) is 7.97. The number of aliphatic hydroxyl groups excluding tert-OH is 1. The number of ether oxygens (including phenoxy) is 2. The zero-order valence-electron chi connectivity index (χ0n) is 12.8. The highest BCUT2D eigenvalue weighted by atomic mass is 16.5. The Hall–Kier alpha value is -2.80. The van der Waals surface area contributed by atoms with Crippen molar-refractivity contribution < 1.29 is 19.4 Å². The molecule has 0 bridgehead atoms. The molecule has 23 heavy (non-hydrogen) atoms. The number of aromatic nitrogens is 1. The Morgan fingerprint density at radius 1 is 1.30 bits per heavy atom. The summed E-state index contributed by atoms with van der Waals surface area (Å²) in [6.45, 7) is -0.0727. The molecule has 1 unspecified atom stereocenters. The Labute approximate surface area is 132 Å². The lowest BCUT2D eigenvalue weighted by molar-refractivity contribution is 0.0913. The van der Waals surface area contributed by atoms with Crippen molar-refractivity contribution in [1.82, 2.24) is 10.3 Å². The lowest BCUT2D eigenvalue weighted by Gasteiger charge is -2.16. The third-order valence-corrected chi connectivity index (χ3v) is 3.31. The molecular weight excluding hydrogens is 300 g/mol. The molecule has 7 heteroatoms. The van der Waals surface area contributed by atoms with Crippen molar-refractivity contribution in [3.8, 4) is 11.5 Å². The first-order valence-corrected chi connectivity index (χ1v) is 6.92. The molecule has 0 saturated carbocycles. The van der Waals surface area contributed by atoms with Gasteiger partial charge in [0.05, 0.1) is 14.2 Å². The van der Waals surface area contributed by atoms with Crippen LogP contribution in [0.1, 0.15) is 22.0 Å². The molecule has 0 aliphatic carbocycles. The average Bonchev–Trinajstić information content (AvgIpc) is 2.59. The fourth-order valence-electron chi connectivity index (χ4n) is 2.09. The molecule has 7 nitrogen and oxygen atoms in total. The van der Waals surface area contributed by atoms with Gasteiger partial charge in [-0.2, -0.15) is 0 Å². The monoisotopic (exact) mass is 318 g/mol. The fraction of sp³-hybridized carbons (Fsp3) is 0.250. The molecule has 0 fully saturated rings. The number of rotatable bonds is 6. The van der Waals surface area contributed by atoms with Crippen molar-refractivity contribution >= 4 is 5.91 Å². The van der Waals surface area contributed by atoms with E-state index in [1.54, 1.807) is 24.3 Å². The zero-order valence-corrected chi connectivity index (χ0v) is 12.8. The molecular formula is C16H18N2O5. The first-order chi connectivity index (χ1) is 11.1. The zero-order chi connectivity index (χ0) is 16.8. The van der Waals surface area contributed by atoms with Crippen LogP contribution in [0, 0.1) is 0 Å². The van der Waals surface area contributed by atoms with Gasteiger partial charge in [-0.3, -0.25) is 9.59 Å². The van der Waals surface area contributed by atoms with Gasteiger partial charge >= 0.3 is 0 Å². The predicted octanol–water partition coefficient (Wildman–Crippen LogP) is 0.855. The molecule has 1 amide bonds. The van der Waals surface area contributed by atoms with Crippen molar-refractivity contribution in [1.29, 1.82) is 0 Å². The SMILES string of the molecule is COc1ccc(OC)c(C(O)CNC(=O)c2ccc[nH]c2=O)c1. The van der Waals surface area contributed by atoms with Gasteiger partial charge in [0, 0.05) is 18.3 Å². The van der Waals surface area contributed by atoms with Crippen LogP contribution in [0.2, 0.25) is 0 Å². The highest BCUT2D eigenvalue weighted by molar-refractivity contribution is 5.93. The summed E-state index contributed by atoms with van der Waals surface area (Å²) in [5, 5.41) is 12.8. The first kappa shape index (κ1) is 16.6. The maximum atomic E-state index is 12.0. The summed E-state index contributed by atoms with van der Waals surface area (Å²) >= 11 is 0. The summed E-state index contributed by atoms with van der Waals surface area (Å²) in [6.07, 6.45) is 0.432. The highest BCUT2D eigenvalue weighted by Gasteiger charge is 2.17. The number of nitrogens with one attached hydrogen (secondary N) is 2. The Morgan fingerprint density at radius 2 is 2.09 bits per heavy atom. The van der Waals surface area contributed by atoms with Crippen molar-refractivity contribution in [2.24, 2.45) is 0 Å². The van der Waals surface area contributed by atoms with Gasteiger partial charge in [-0.05, 0) is 30.3 Å². The molecule has 0 aliphatic heterocycles. The van der Waals surface area contributed by atoms with E-state index in [1.165, 1.54) is 26.5 Å². The number of hydrogen-bond donors (Lipinski definition) is 3. The van der Waals surface area contributed by atoms with Crippen LogP contribution < -0.4 is 20.3 Å². The molecule has 2 rings (SSSR count). The van der Waals surface area contributed by atoms with Gasteiger partial charge in [0.15, 0.2) is 0 Å². The molecule has 122 valence electrons. The van der Waals surface area contributed by atoms with E-state index in [0.29, 0.717) is 17.1 Å². The number of pyridine rings is 1. The third kappa shape index (κ3) is 3.89. The number of hydrogen-bond acceptors (Lipinski definition) is 5. The number of carbonyl (C=O) groups is 1. The number of H-pyrrole nitrogens is 1. The number of amides is 1. The van der Waals surface area contributed by atoms with Crippen LogP contribution >= 0.6 is 0 Å². The largest absolute Gasteiger partial charge is 0.497 e. The minimum atomic E-state index is -1.01. The van der Waals surface area contributed by atoms with Crippen LogP contribution in [0.4, 0.5) is 0 Å². The summed E-state index contributed by atoms with van der Waals surface area (Å²) in [5.74, 6) is 0.476. The topological polar surface area (TPSA) is 101 Å². The van der Waals surface area contributed by atoms with Crippen molar-refractivity contribution in [2.75, 3.05) is 20.8 Å². The minimum Gasteiger partial charge on any atom is -0.497 e. The summed E-state index contributed by atoms with van der Waals surface area (Å²) in [5.41, 5.74) is -0.0233. The Morgan fingerprint density at radius 3 is 2.74 bits per heavy atom. The van der Waals surface area contributed by atoms with Crippen LogP contribution in [0.5, 0.6) is 11.5 Å². The number of aliphatic hydroxyl groups is 1. The molecule has 0 aliphatic rings. The molecule has 0 saturated heterocycles. The predicted molar refractivity (Wildman–Crippen MR) is 83.9 cm³/mol. The van der Waals surface area contributed by atoms with Gasteiger partial charge in [-0.1, -0.05) is 0 Å². The van der Waals surface area contributed by atoms with E-state index in [-0.39, 0.29) is 12.1 Å². The van der Waals surface area contributed by atoms with Gasteiger partial charge in [-0.25, -0.2) is 0 Å². The third-order valence-electron chi connectivity index (χ3n) is 3.31. The van der Waals surface area contributed by atoms with Crippen LogP contribution in [0.25, 0.3) is 0 Å². The number of aromatic amines is 1. The maximum absolute atomic E-state index is 12.0. The summed E-state index contributed by atoms with van der Waals surface area (Å²) in [7, 11) is 3.00. The minimum absolute atomic E-state index is 0.0164. The molecule has 1 atom stereocenters. The standard InChI is InChI=1S/C16H18N2O5/c1-22-10-5-6-14(23-2)12(8-10)13(19)9-18-16(21)11-4-3-7-17-15(11)20/h3-8,13,19H,9H2,1-2H3,(H,17,20)(H,18,21). The van der Waals surface area contributed by atoms with E-state index >= 15 is 0 Å². The highest BCUT2D eigenvalue weighted by Crippen LogP contribution is 2.29. The summed E-state index contributed by atoms with van der Waals surface area (Å²) < 4.78 is 10.3. The number of carbonyl (C=O) groups excluding carboxylic acids is 1. The molecule has 3 N–H and O–H groups in total. The Kier molecular flexibility index (Phi) is 5.37. The molecule has 1 aromatic carbocycles. The van der Waals surface area contributed by atoms with Crippen molar-refractivity contribution in [3.05, 3.63) is 58.0 Å². The number of methoxy groups -OCH3 is 2. The lowest BCUT2D eigenvalue weighted by Crippen LogP contribution is -2.32. The van der Waals surface area contributed by atoms with E-state index in [9.17, 15) is 14.7 Å². The van der Waals surface area contributed by atoms with E-state index in [2.05, 4.69) is 10.3 Å². The normalized spacial score (nSPS) is 11.6. The van der Waals surface area contributed by atoms with E-state index in [4.69, 9.17) is 9.47 Å². The second-order valence-electron chi connectivity index (χ2n) is 4.75. The smallest absolute Gasteiger partial charge is 0.260 e. The van der Waals surface area contributed by atoms with Gasteiger partial charge in [-0.15, -0.1) is 0 Å². The van der Waals surface area contributed by atoms with Crippen LogP contribution in [-0.2, 0) is 0 Å². The second kappa shape index (κ2) is 7.46. The molecule has 2 aromatic rings. The average molecular weight is 318 g/mol. The van der Waals surface area contributed by atoms with Gasteiger partial charge in [0.2, 0.25) is 0 Å². The fourth-order valence-corrected chi connectivity index (χ4v) is 2.09. The molecule has 1 heterocycles. The van der Waals surface area contributed by atoms with Gasteiger partial charge < -0.3 is 24.9 Å². The van der Waals surface area contributed by atoms with Crippen LogP contribution in [-0.4, -0.2) is 36.8 Å². The lowest BCUT2D eigenvalue weighted by atomic mass is 10.1. The van der Waals surface area contributed by atoms with Crippen molar-refractivity contribution in [2.45, 2.75) is 6.10 Å². The van der Waals surface area contributed by atoms with Crippen LogP contribution in [0.15, 0.2) is 41.3 Å². The maximum Gasteiger partial charge on any atom is 0.260 e. The number of benzene rings is 1. The van der Waals surface area contributed by atoms with Crippen LogP contribution in [0.3, 0.4) is 0 Å². The van der Waals surface area contributed by atoms with Crippen molar-refractivity contribution in [3.63, 3.8) is 0 Å². The summed E-state index contributed by atoms with van der Waals surface area (Å²) in [4.78, 5) is 25.9. The Bertz CT molecular complexity index is 741.